The number of carbonyl (C=O) groups excluding carboxylic acids is 4. The predicted molar refractivity (Wildman–Crippen MR) is 90.0 cm³/mol. The Morgan fingerprint density at radius 3 is 2.77 bits per heavy atom. The van der Waals surface area contributed by atoms with Crippen LogP contribution >= 0.6 is 11.3 Å². The highest BCUT2D eigenvalue weighted by atomic mass is 32.1. The zero-order chi connectivity index (χ0) is 19.3. The van der Waals surface area contributed by atoms with Crippen LogP contribution in [0.3, 0.4) is 0 Å². The first-order valence-corrected chi connectivity index (χ1v) is 8.83. The molecule has 0 aliphatic heterocycles. The monoisotopic (exact) mass is 382 g/mol. The van der Waals surface area contributed by atoms with Gasteiger partial charge in [0.05, 0.1) is 11.3 Å². The maximum Gasteiger partial charge on any atom is 0.307 e. The minimum absolute atomic E-state index is 0.183. The maximum absolute atomic E-state index is 12.0. The fourth-order valence-electron chi connectivity index (χ4n) is 3.02. The quantitative estimate of drug-likeness (QED) is 0.423. The van der Waals surface area contributed by atoms with Gasteiger partial charge in [0, 0.05) is 23.2 Å². The van der Waals surface area contributed by atoms with E-state index in [0.29, 0.717) is 4.88 Å². The Bertz CT molecular complexity index is 716. The van der Waals surface area contributed by atoms with Crippen molar-refractivity contribution in [2.24, 2.45) is 17.8 Å². The minimum atomic E-state index is -0.801. The van der Waals surface area contributed by atoms with Crippen molar-refractivity contribution in [2.45, 2.75) is 19.8 Å². The number of nitro groups is 1. The molecule has 0 aromatic carbocycles. The molecule has 3 atom stereocenters. The van der Waals surface area contributed by atoms with E-state index < -0.39 is 41.1 Å². The van der Waals surface area contributed by atoms with Gasteiger partial charge in [-0.15, -0.1) is 11.3 Å². The number of esters is 1. The van der Waals surface area contributed by atoms with Crippen LogP contribution in [0.2, 0.25) is 0 Å². The number of nitrogens with one attached hydrogen (secondary N) is 1. The van der Waals surface area contributed by atoms with Crippen molar-refractivity contribution >= 4 is 34.9 Å². The Labute approximate surface area is 152 Å². The summed E-state index contributed by atoms with van der Waals surface area (Å²) < 4.78 is 4.80. The summed E-state index contributed by atoms with van der Waals surface area (Å²) in [6, 6.07) is 3.20. The summed E-state index contributed by atoms with van der Waals surface area (Å²) in [5.41, 5.74) is 0. The molecule has 0 bridgehead atoms. The van der Waals surface area contributed by atoms with Gasteiger partial charge in [0.2, 0.25) is 6.54 Å². The predicted octanol–water partition coefficient (Wildman–Crippen LogP) is 1.06. The molecule has 0 saturated heterocycles. The first kappa shape index (κ1) is 19.7. The molecule has 0 spiro atoms. The molecule has 10 heteroatoms. The Hall–Kier alpha value is -2.62. The SMILES string of the molecule is C[C@@H]1CC(=O)[C@H](CC(=O)OCC(=O)NC(=O)c2cccs2)[C@@H]1C[N+](=O)[O-]. The fraction of sp³-hybridized carbons (Fsp3) is 0.500. The first-order valence-electron chi connectivity index (χ1n) is 7.95. The van der Waals surface area contributed by atoms with E-state index in [2.05, 4.69) is 5.32 Å². The van der Waals surface area contributed by atoms with Crippen molar-refractivity contribution in [2.75, 3.05) is 13.2 Å². The average molecular weight is 382 g/mol. The number of carbonyl (C=O) groups is 4. The van der Waals surface area contributed by atoms with Crippen LogP contribution in [0.1, 0.15) is 29.4 Å². The van der Waals surface area contributed by atoms with E-state index in [1.165, 1.54) is 0 Å². The lowest BCUT2D eigenvalue weighted by molar-refractivity contribution is -0.490. The van der Waals surface area contributed by atoms with Crippen LogP contribution in [0, 0.1) is 27.9 Å². The molecule has 2 amide bonds. The van der Waals surface area contributed by atoms with Crippen molar-refractivity contribution in [3.63, 3.8) is 0 Å². The second-order valence-electron chi connectivity index (χ2n) is 6.15. The van der Waals surface area contributed by atoms with E-state index >= 15 is 0 Å². The van der Waals surface area contributed by atoms with E-state index in [0.717, 1.165) is 11.3 Å². The molecule has 140 valence electrons. The van der Waals surface area contributed by atoms with Gasteiger partial charge in [0.15, 0.2) is 6.61 Å². The van der Waals surface area contributed by atoms with Gasteiger partial charge in [0.1, 0.15) is 5.78 Å². The number of nitrogens with zero attached hydrogens (tertiary/aromatic N) is 1. The molecule has 1 aliphatic rings. The van der Waals surface area contributed by atoms with Gasteiger partial charge in [-0.3, -0.25) is 34.6 Å². The number of hydrogen-bond acceptors (Lipinski definition) is 8. The summed E-state index contributed by atoms with van der Waals surface area (Å²) in [5, 5.41) is 14.5. The molecule has 9 nitrogen and oxygen atoms in total. The van der Waals surface area contributed by atoms with Crippen LogP contribution in [0.4, 0.5) is 0 Å². The summed E-state index contributed by atoms with van der Waals surface area (Å²) in [6.07, 6.45) is -0.125. The van der Waals surface area contributed by atoms with Gasteiger partial charge in [-0.05, 0) is 17.4 Å². The molecule has 26 heavy (non-hydrogen) atoms. The molecular formula is C16H18N2O7S. The molecule has 0 unspecified atom stereocenters. The molecule has 1 fully saturated rings. The lowest BCUT2D eigenvalue weighted by Crippen LogP contribution is -2.34. The number of ketones is 1. The van der Waals surface area contributed by atoms with Crippen LogP contribution in [0.25, 0.3) is 0 Å². The summed E-state index contributed by atoms with van der Waals surface area (Å²) in [7, 11) is 0. The zero-order valence-electron chi connectivity index (χ0n) is 14.0. The number of hydrogen-bond donors (Lipinski definition) is 1. The van der Waals surface area contributed by atoms with Crippen LogP contribution in [-0.2, 0) is 19.1 Å². The van der Waals surface area contributed by atoms with Gasteiger partial charge in [-0.25, -0.2) is 0 Å². The summed E-state index contributed by atoms with van der Waals surface area (Å²) in [6.45, 7) is 0.688. The highest BCUT2D eigenvalue weighted by molar-refractivity contribution is 7.12. The molecule has 1 N–H and O–H groups in total. The molecule has 1 heterocycles. The van der Waals surface area contributed by atoms with E-state index in [9.17, 15) is 29.3 Å². The molecule has 1 saturated carbocycles. The molecule has 0 radical (unpaired) electrons. The summed E-state index contributed by atoms with van der Waals surface area (Å²) in [4.78, 5) is 57.8. The topological polar surface area (TPSA) is 133 Å². The Kier molecular flexibility index (Phi) is 6.56. The number of ether oxygens (including phenoxy) is 1. The van der Waals surface area contributed by atoms with Crippen molar-refractivity contribution in [1.29, 1.82) is 0 Å². The molecule has 1 aliphatic carbocycles. The number of amides is 2. The molecule has 2 rings (SSSR count). The lowest BCUT2D eigenvalue weighted by Gasteiger charge is -2.16. The normalized spacial score (nSPS) is 22.0. The molecular weight excluding hydrogens is 364 g/mol. The Balaban J connectivity index is 1.82. The van der Waals surface area contributed by atoms with Gasteiger partial charge >= 0.3 is 5.97 Å². The van der Waals surface area contributed by atoms with Crippen molar-refractivity contribution in [3.8, 4) is 0 Å². The Morgan fingerprint density at radius 2 is 2.15 bits per heavy atom. The van der Waals surface area contributed by atoms with Crippen molar-refractivity contribution < 1.29 is 28.8 Å². The van der Waals surface area contributed by atoms with Crippen LogP contribution in [0.5, 0.6) is 0 Å². The van der Waals surface area contributed by atoms with Gasteiger partial charge < -0.3 is 4.74 Å². The van der Waals surface area contributed by atoms with Crippen molar-refractivity contribution in [1.82, 2.24) is 5.32 Å². The maximum atomic E-state index is 12.0. The van der Waals surface area contributed by atoms with Crippen LogP contribution in [0.15, 0.2) is 17.5 Å². The number of Topliss-reactive ketones (excluding diaryl/α,β-unsaturated/α-hetero) is 1. The van der Waals surface area contributed by atoms with E-state index in [4.69, 9.17) is 4.74 Å². The number of rotatable bonds is 7. The van der Waals surface area contributed by atoms with Gasteiger partial charge in [-0.1, -0.05) is 13.0 Å². The largest absolute Gasteiger partial charge is 0.456 e. The number of thiophene rings is 1. The third-order valence-corrected chi connectivity index (χ3v) is 5.16. The third kappa shape index (κ3) is 5.19. The van der Waals surface area contributed by atoms with E-state index in [1.807, 2.05) is 0 Å². The fourth-order valence-corrected chi connectivity index (χ4v) is 3.64. The van der Waals surface area contributed by atoms with Crippen LogP contribution < -0.4 is 5.32 Å². The van der Waals surface area contributed by atoms with E-state index in [1.54, 1.807) is 24.4 Å². The third-order valence-electron chi connectivity index (χ3n) is 4.29. The highest BCUT2D eigenvalue weighted by Crippen LogP contribution is 2.36. The molecule has 1 aromatic heterocycles. The second kappa shape index (κ2) is 8.65. The minimum Gasteiger partial charge on any atom is -0.456 e. The second-order valence-corrected chi connectivity index (χ2v) is 7.10. The van der Waals surface area contributed by atoms with E-state index in [-0.39, 0.29) is 31.1 Å². The lowest BCUT2D eigenvalue weighted by atomic mass is 9.88. The number of imide groups is 1. The standard InChI is InChI=1S/C16H18N2O7S/c1-9-5-12(19)10(11(9)7-18(23)24)6-15(21)25-8-14(20)17-16(22)13-3-2-4-26-13/h2-4,9-11H,5-8H2,1H3,(H,17,20,22)/t9-,10-,11-/m1/s1. The first-order chi connectivity index (χ1) is 12.3. The molecule has 1 aromatic rings. The smallest absolute Gasteiger partial charge is 0.307 e. The van der Waals surface area contributed by atoms with Crippen molar-refractivity contribution in [3.05, 3.63) is 32.5 Å². The van der Waals surface area contributed by atoms with Crippen LogP contribution in [-0.4, -0.2) is 41.6 Å². The summed E-state index contributed by atoms with van der Waals surface area (Å²) in [5.74, 6) is -3.88. The Morgan fingerprint density at radius 1 is 1.42 bits per heavy atom. The van der Waals surface area contributed by atoms with Gasteiger partial charge in [-0.2, -0.15) is 0 Å². The summed E-state index contributed by atoms with van der Waals surface area (Å²) >= 11 is 1.16. The average Bonchev–Trinajstić information content (AvgIpc) is 3.17. The highest BCUT2D eigenvalue weighted by Gasteiger charge is 2.44. The van der Waals surface area contributed by atoms with Gasteiger partial charge in [0.25, 0.3) is 11.8 Å². The zero-order valence-corrected chi connectivity index (χ0v) is 14.8.